The van der Waals surface area contributed by atoms with Crippen molar-refractivity contribution >= 4 is 17.4 Å². The van der Waals surface area contributed by atoms with Crippen molar-refractivity contribution in [2.24, 2.45) is 0 Å². The third-order valence-electron chi connectivity index (χ3n) is 2.02. The summed E-state index contributed by atoms with van der Waals surface area (Å²) in [6.07, 6.45) is -1.19. The van der Waals surface area contributed by atoms with Crippen molar-refractivity contribution in [3.05, 3.63) is 34.3 Å². The first-order valence-electron chi connectivity index (χ1n) is 3.65. The van der Waals surface area contributed by atoms with Gasteiger partial charge in [-0.2, -0.15) is 0 Å². The topological polar surface area (TPSA) is 17.1 Å². The summed E-state index contributed by atoms with van der Waals surface area (Å²) < 4.78 is 12.8. The van der Waals surface area contributed by atoms with Crippen molar-refractivity contribution in [1.29, 1.82) is 0 Å². The Hall–Kier alpha value is -0.890. The summed E-state index contributed by atoms with van der Waals surface area (Å²) in [4.78, 5) is 11.1. The van der Waals surface area contributed by atoms with Gasteiger partial charge in [0.05, 0.1) is 0 Å². The Labute approximate surface area is 74.2 Å². The molecule has 0 spiro atoms. The highest BCUT2D eigenvalue weighted by Gasteiger charge is 2.29. The zero-order chi connectivity index (χ0) is 8.72. The number of hydrogen-bond acceptors (Lipinski definition) is 1. The van der Waals surface area contributed by atoms with Gasteiger partial charge in [-0.15, -0.1) is 0 Å². The van der Waals surface area contributed by atoms with Gasteiger partial charge in [-0.05, 0) is 23.8 Å². The van der Waals surface area contributed by atoms with Crippen molar-refractivity contribution in [3.8, 4) is 0 Å². The molecule has 0 heterocycles. The molecule has 1 nitrogen and oxygen atoms in total. The lowest BCUT2D eigenvalue weighted by Crippen LogP contribution is -2.07. The third-order valence-corrected chi connectivity index (χ3v) is 2.25. The zero-order valence-electron chi connectivity index (χ0n) is 6.18. The molecule has 1 aliphatic carbocycles. The molecule has 62 valence electrons. The SMILES string of the molecule is O=C1c2ccc(Cl)cc2CC1F. The van der Waals surface area contributed by atoms with Crippen molar-refractivity contribution in [2.45, 2.75) is 12.6 Å². The van der Waals surface area contributed by atoms with Gasteiger partial charge in [-0.25, -0.2) is 4.39 Å². The molecule has 1 atom stereocenters. The lowest BCUT2D eigenvalue weighted by atomic mass is 10.1. The number of Topliss-reactive ketones (excluding diaryl/α,β-unsaturated/α-hetero) is 1. The van der Waals surface area contributed by atoms with E-state index in [1.807, 2.05) is 0 Å². The smallest absolute Gasteiger partial charge is 0.197 e. The second-order valence-corrected chi connectivity index (χ2v) is 3.27. The summed E-state index contributed by atoms with van der Waals surface area (Å²) in [5.41, 5.74) is 1.20. The van der Waals surface area contributed by atoms with Crippen LogP contribution in [-0.2, 0) is 6.42 Å². The Balaban J connectivity index is 2.54. The van der Waals surface area contributed by atoms with Crippen molar-refractivity contribution in [1.82, 2.24) is 0 Å². The van der Waals surface area contributed by atoms with Crippen molar-refractivity contribution in [2.75, 3.05) is 0 Å². The Morgan fingerprint density at radius 2 is 2.25 bits per heavy atom. The van der Waals surface area contributed by atoms with Crippen LogP contribution in [0.2, 0.25) is 5.02 Å². The molecule has 0 aromatic heterocycles. The summed E-state index contributed by atoms with van der Waals surface area (Å²) in [7, 11) is 0. The molecule has 0 fully saturated rings. The molecule has 0 saturated carbocycles. The molecule has 1 aliphatic rings. The maximum atomic E-state index is 12.8. The summed E-state index contributed by atoms with van der Waals surface area (Å²) >= 11 is 5.69. The number of halogens is 2. The predicted molar refractivity (Wildman–Crippen MR) is 44.4 cm³/mol. The van der Waals surface area contributed by atoms with Crippen molar-refractivity contribution in [3.63, 3.8) is 0 Å². The highest BCUT2D eigenvalue weighted by Crippen LogP contribution is 2.26. The van der Waals surface area contributed by atoms with Crippen LogP contribution in [0, 0.1) is 0 Å². The van der Waals surface area contributed by atoms with E-state index in [0.29, 0.717) is 10.6 Å². The number of ketones is 1. The molecule has 0 N–H and O–H groups in total. The van der Waals surface area contributed by atoms with Gasteiger partial charge in [-0.1, -0.05) is 11.6 Å². The van der Waals surface area contributed by atoms with Gasteiger partial charge in [0.15, 0.2) is 12.0 Å². The zero-order valence-corrected chi connectivity index (χ0v) is 6.94. The first-order valence-corrected chi connectivity index (χ1v) is 4.03. The fourth-order valence-electron chi connectivity index (χ4n) is 1.43. The summed E-state index contributed by atoms with van der Waals surface area (Å²) in [5.74, 6) is -0.415. The van der Waals surface area contributed by atoms with E-state index in [2.05, 4.69) is 0 Å². The Kier molecular flexibility index (Phi) is 1.65. The molecular weight excluding hydrogens is 179 g/mol. The molecule has 12 heavy (non-hydrogen) atoms. The molecule has 3 heteroatoms. The molecule has 1 aromatic carbocycles. The van der Waals surface area contributed by atoms with E-state index in [-0.39, 0.29) is 6.42 Å². The van der Waals surface area contributed by atoms with E-state index in [0.717, 1.165) is 5.56 Å². The van der Waals surface area contributed by atoms with Crippen LogP contribution in [-0.4, -0.2) is 12.0 Å². The van der Waals surface area contributed by atoms with Crippen LogP contribution in [0.4, 0.5) is 4.39 Å². The minimum absolute atomic E-state index is 0.175. The van der Waals surface area contributed by atoms with E-state index < -0.39 is 12.0 Å². The first-order chi connectivity index (χ1) is 5.68. The Bertz CT molecular complexity index is 348. The average molecular weight is 185 g/mol. The molecule has 0 aliphatic heterocycles. The number of rotatable bonds is 0. The Morgan fingerprint density at radius 3 is 3.00 bits per heavy atom. The highest BCUT2D eigenvalue weighted by molar-refractivity contribution is 6.30. The number of hydrogen-bond donors (Lipinski definition) is 0. The number of benzene rings is 1. The molecule has 0 radical (unpaired) electrons. The van der Waals surface area contributed by atoms with Crippen LogP contribution >= 0.6 is 11.6 Å². The third kappa shape index (κ3) is 1.03. The standard InChI is InChI=1S/C9H6ClFO/c10-6-1-2-7-5(3-6)4-8(11)9(7)12/h1-3,8H,4H2. The fourth-order valence-corrected chi connectivity index (χ4v) is 1.62. The van der Waals surface area contributed by atoms with Crippen molar-refractivity contribution < 1.29 is 9.18 Å². The fraction of sp³-hybridized carbons (Fsp3) is 0.222. The lowest BCUT2D eigenvalue weighted by molar-refractivity contribution is 0.0899. The summed E-state index contributed by atoms with van der Waals surface area (Å²) in [5, 5.41) is 0.552. The lowest BCUT2D eigenvalue weighted by Gasteiger charge is -1.95. The molecule has 2 rings (SSSR count). The number of carbonyl (C=O) groups is 1. The van der Waals surface area contributed by atoms with Crippen LogP contribution in [0.1, 0.15) is 15.9 Å². The van der Waals surface area contributed by atoms with Gasteiger partial charge >= 0.3 is 0 Å². The van der Waals surface area contributed by atoms with E-state index in [1.54, 1.807) is 18.2 Å². The second-order valence-electron chi connectivity index (χ2n) is 2.84. The highest BCUT2D eigenvalue weighted by atomic mass is 35.5. The average Bonchev–Trinajstić information content (AvgIpc) is 2.28. The summed E-state index contributed by atoms with van der Waals surface area (Å²) in [6.45, 7) is 0. The predicted octanol–water partition coefficient (Wildman–Crippen LogP) is 2.42. The molecule has 0 saturated heterocycles. The molecule has 1 aromatic rings. The molecular formula is C9H6ClFO. The Morgan fingerprint density at radius 1 is 1.50 bits per heavy atom. The number of fused-ring (bicyclic) bond motifs is 1. The second kappa shape index (κ2) is 2.56. The number of alkyl halides is 1. The van der Waals surface area contributed by atoms with E-state index >= 15 is 0 Å². The largest absolute Gasteiger partial charge is 0.291 e. The quantitative estimate of drug-likeness (QED) is 0.605. The summed E-state index contributed by atoms with van der Waals surface area (Å²) in [6, 6.07) is 4.84. The van der Waals surface area contributed by atoms with E-state index in [9.17, 15) is 9.18 Å². The van der Waals surface area contributed by atoms with Crippen LogP contribution in [0.15, 0.2) is 18.2 Å². The maximum absolute atomic E-state index is 12.8. The van der Waals surface area contributed by atoms with Crippen LogP contribution in [0.3, 0.4) is 0 Å². The van der Waals surface area contributed by atoms with Gasteiger partial charge in [-0.3, -0.25) is 4.79 Å². The molecule has 1 unspecified atom stereocenters. The van der Waals surface area contributed by atoms with Gasteiger partial charge < -0.3 is 0 Å². The minimum atomic E-state index is -1.36. The van der Waals surface area contributed by atoms with Gasteiger partial charge in [0.1, 0.15) is 0 Å². The van der Waals surface area contributed by atoms with E-state index in [1.165, 1.54) is 0 Å². The number of carbonyl (C=O) groups excluding carboxylic acids is 1. The molecule has 0 amide bonds. The van der Waals surface area contributed by atoms with Crippen LogP contribution in [0.5, 0.6) is 0 Å². The van der Waals surface area contributed by atoms with Crippen LogP contribution < -0.4 is 0 Å². The molecule has 0 bridgehead atoms. The monoisotopic (exact) mass is 184 g/mol. The maximum Gasteiger partial charge on any atom is 0.197 e. The normalized spacial score (nSPS) is 21.2. The minimum Gasteiger partial charge on any atom is -0.291 e. The first kappa shape index (κ1) is 7.74. The van der Waals surface area contributed by atoms with Crippen LogP contribution in [0.25, 0.3) is 0 Å². The van der Waals surface area contributed by atoms with Gasteiger partial charge in [0, 0.05) is 17.0 Å². The van der Waals surface area contributed by atoms with Gasteiger partial charge in [0.25, 0.3) is 0 Å². The van der Waals surface area contributed by atoms with Gasteiger partial charge in [0.2, 0.25) is 0 Å². The van der Waals surface area contributed by atoms with E-state index in [4.69, 9.17) is 11.6 Å².